The van der Waals surface area contributed by atoms with Crippen molar-refractivity contribution in [3.05, 3.63) is 52.0 Å². The molecule has 0 fully saturated rings. The summed E-state index contributed by atoms with van der Waals surface area (Å²) in [5.74, 6) is 0.161. The number of rotatable bonds is 4. The lowest BCUT2D eigenvalue weighted by Crippen LogP contribution is -2.06. The first-order valence-corrected chi connectivity index (χ1v) is 7.64. The Morgan fingerprint density at radius 2 is 2.09 bits per heavy atom. The Kier molecular flexibility index (Phi) is 3.97. The molecule has 0 unspecified atom stereocenters. The van der Waals surface area contributed by atoms with Crippen molar-refractivity contribution in [2.75, 3.05) is 0 Å². The highest BCUT2D eigenvalue weighted by Gasteiger charge is 2.14. The maximum atomic E-state index is 12.2. The van der Waals surface area contributed by atoms with E-state index in [4.69, 9.17) is 4.74 Å². The average Bonchev–Trinajstić information content (AvgIpc) is 3.17. The van der Waals surface area contributed by atoms with Gasteiger partial charge in [-0.25, -0.2) is 9.48 Å². The Morgan fingerprint density at radius 3 is 2.68 bits per heavy atom. The van der Waals surface area contributed by atoms with Gasteiger partial charge in [0.05, 0.1) is 5.69 Å². The molecule has 0 aliphatic heterocycles. The van der Waals surface area contributed by atoms with Crippen molar-refractivity contribution < 1.29 is 9.53 Å². The third kappa shape index (κ3) is 2.89. The van der Waals surface area contributed by atoms with E-state index in [1.54, 1.807) is 24.3 Å². The molecule has 2 aromatic heterocycles. The van der Waals surface area contributed by atoms with Gasteiger partial charge in [0.15, 0.2) is 0 Å². The molecule has 3 aromatic rings. The van der Waals surface area contributed by atoms with E-state index in [0.29, 0.717) is 10.6 Å². The van der Waals surface area contributed by atoms with Gasteiger partial charge in [0.25, 0.3) is 0 Å². The van der Waals surface area contributed by atoms with Crippen molar-refractivity contribution in [2.45, 2.75) is 20.3 Å². The molecule has 0 radical (unpaired) electrons. The molecule has 6 nitrogen and oxygen atoms in total. The van der Waals surface area contributed by atoms with Gasteiger partial charge in [-0.1, -0.05) is 6.92 Å². The summed E-state index contributed by atoms with van der Waals surface area (Å²) < 4.78 is 6.93. The molecule has 0 bridgehead atoms. The number of ether oxygens (including phenoxy) is 1. The molecule has 0 aliphatic rings. The Labute approximate surface area is 131 Å². The van der Waals surface area contributed by atoms with Crippen molar-refractivity contribution >= 4 is 17.3 Å². The van der Waals surface area contributed by atoms with Crippen LogP contribution in [-0.4, -0.2) is 26.2 Å². The van der Waals surface area contributed by atoms with Crippen molar-refractivity contribution in [3.8, 4) is 11.4 Å². The molecule has 0 aliphatic carbocycles. The molecule has 0 N–H and O–H groups in total. The van der Waals surface area contributed by atoms with Gasteiger partial charge in [0.2, 0.25) is 0 Å². The van der Waals surface area contributed by atoms with E-state index in [9.17, 15) is 4.79 Å². The van der Waals surface area contributed by atoms with Crippen LogP contribution in [0.15, 0.2) is 36.7 Å². The third-order valence-corrected chi connectivity index (χ3v) is 4.57. The minimum atomic E-state index is -0.331. The molecule has 3 rings (SSSR count). The maximum Gasteiger partial charge on any atom is 0.353 e. The molecule has 2 heterocycles. The molecule has 0 saturated carbocycles. The smallest absolute Gasteiger partial charge is 0.353 e. The Balaban J connectivity index is 1.73. The predicted molar refractivity (Wildman–Crippen MR) is 82.5 cm³/mol. The summed E-state index contributed by atoms with van der Waals surface area (Å²) in [6.45, 7) is 4.08. The molecular formula is C15H14N4O2S. The Hall–Kier alpha value is -2.54. The van der Waals surface area contributed by atoms with Crippen LogP contribution in [0.1, 0.15) is 27.0 Å². The second kappa shape index (κ2) is 6.07. The van der Waals surface area contributed by atoms with E-state index in [2.05, 4.69) is 22.4 Å². The summed E-state index contributed by atoms with van der Waals surface area (Å²) in [5.41, 5.74) is 1.93. The van der Waals surface area contributed by atoms with Gasteiger partial charge in [-0.3, -0.25) is 0 Å². The largest absolute Gasteiger partial charge is 0.422 e. The van der Waals surface area contributed by atoms with E-state index < -0.39 is 0 Å². The van der Waals surface area contributed by atoms with E-state index in [0.717, 1.165) is 17.7 Å². The van der Waals surface area contributed by atoms with Crippen LogP contribution in [0.4, 0.5) is 0 Å². The molecule has 0 spiro atoms. The molecule has 0 amide bonds. The molecule has 0 saturated heterocycles. The van der Waals surface area contributed by atoms with Crippen molar-refractivity contribution in [3.63, 3.8) is 0 Å². The predicted octanol–water partition coefficient (Wildman–Crippen LogP) is 2.81. The van der Waals surface area contributed by atoms with Crippen LogP contribution in [0.25, 0.3) is 5.69 Å². The van der Waals surface area contributed by atoms with Gasteiger partial charge in [0.1, 0.15) is 17.0 Å². The lowest BCUT2D eigenvalue weighted by Gasteiger charge is -2.04. The summed E-state index contributed by atoms with van der Waals surface area (Å²) in [6.07, 6.45) is 2.42. The fourth-order valence-electron chi connectivity index (χ4n) is 2.08. The number of thiophene rings is 1. The van der Waals surface area contributed by atoms with Crippen LogP contribution in [-0.2, 0) is 6.42 Å². The summed E-state index contributed by atoms with van der Waals surface area (Å²) in [7, 11) is 0. The number of aryl methyl sites for hydroxylation is 2. The summed E-state index contributed by atoms with van der Waals surface area (Å²) in [4.78, 5) is 14.0. The van der Waals surface area contributed by atoms with Crippen molar-refractivity contribution in [2.24, 2.45) is 0 Å². The fourth-order valence-corrected chi connectivity index (χ4v) is 3.07. The summed E-state index contributed by atoms with van der Waals surface area (Å²) in [5, 5.41) is 10.9. The molecule has 7 heteroatoms. The number of hydrogen-bond donors (Lipinski definition) is 0. The van der Waals surface area contributed by atoms with Crippen molar-refractivity contribution in [1.82, 2.24) is 20.2 Å². The minimum absolute atomic E-state index is 0.331. The first-order valence-electron chi connectivity index (χ1n) is 6.82. The van der Waals surface area contributed by atoms with Gasteiger partial charge in [-0.05, 0) is 59.7 Å². The van der Waals surface area contributed by atoms with Crippen LogP contribution in [0.3, 0.4) is 0 Å². The van der Waals surface area contributed by atoms with E-state index >= 15 is 0 Å². The van der Waals surface area contributed by atoms with Gasteiger partial charge in [0, 0.05) is 4.88 Å². The van der Waals surface area contributed by atoms with Crippen LogP contribution in [0, 0.1) is 6.92 Å². The number of carbonyl (C=O) groups excluding carboxylic acids is 1. The number of nitrogens with zero attached hydrogens (tertiary/aromatic N) is 4. The molecular weight excluding hydrogens is 300 g/mol. The zero-order valence-electron chi connectivity index (χ0n) is 12.2. The van der Waals surface area contributed by atoms with E-state index in [1.807, 2.05) is 13.0 Å². The lowest BCUT2D eigenvalue weighted by atomic mass is 10.2. The Bertz CT molecular complexity index is 778. The quantitative estimate of drug-likeness (QED) is 0.547. The average molecular weight is 314 g/mol. The van der Waals surface area contributed by atoms with Crippen LogP contribution >= 0.6 is 11.3 Å². The highest BCUT2D eigenvalue weighted by Crippen LogP contribution is 2.24. The number of tetrazole rings is 1. The number of esters is 1. The zero-order valence-corrected chi connectivity index (χ0v) is 13.0. The molecule has 0 atom stereocenters. The first-order chi connectivity index (χ1) is 10.7. The van der Waals surface area contributed by atoms with Crippen LogP contribution in [0.5, 0.6) is 5.75 Å². The maximum absolute atomic E-state index is 12.2. The van der Waals surface area contributed by atoms with Crippen LogP contribution < -0.4 is 4.74 Å². The standard InChI is InChI=1S/C15H14N4O2S/c1-3-13-10(2)8-14(22-13)15(20)21-12-6-4-11(5-7-12)19-9-16-17-18-19/h4-9H,3H2,1-2H3. The first kappa shape index (κ1) is 14.4. The number of carbonyl (C=O) groups is 1. The third-order valence-electron chi connectivity index (χ3n) is 3.20. The second-order valence-electron chi connectivity index (χ2n) is 4.71. The van der Waals surface area contributed by atoms with Gasteiger partial charge in [-0.2, -0.15) is 0 Å². The SMILES string of the molecule is CCc1sc(C(=O)Oc2ccc(-n3cnnn3)cc2)cc1C. The van der Waals surface area contributed by atoms with Gasteiger partial charge >= 0.3 is 5.97 Å². The Morgan fingerprint density at radius 1 is 1.32 bits per heavy atom. The zero-order chi connectivity index (χ0) is 15.5. The van der Waals surface area contributed by atoms with E-state index in [-0.39, 0.29) is 5.97 Å². The normalized spacial score (nSPS) is 10.6. The molecule has 112 valence electrons. The van der Waals surface area contributed by atoms with Gasteiger partial charge < -0.3 is 4.74 Å². The lowest BCUT2D eigenvalue weighted by molar-refractivity contribution is 0.0740. The highest BCUT2D eigenvalue weighted by atomic mass is 32.1. The topological polar surface area (TPSA) is 69.9 Å². The van der Waals surface area contributed by atoms with E-state index in [1.165, 1.54) is 27.2 Å². The molecule has 1 aromatic carbocycles. The fraction of sp³-hybridized carbons (Fsp3) is 0.200. The number of hydrogen-bond acceptors (Lipinski definition) is 6. The summed E-state index contributed by atoms with van der Waals surface area (Å²) in [6, 6.07) is 8.89. The van der Waals surface area contributed by atoms with Crippen LogP contribution in [0.2, 0.25) is 0 Å². The summed E-state index contributed by atoms with van der Waals surface area (Å²) >= 11 is 1.48. The highest BCUT2D eigenvalue weighted by molar-refractivity contribution is 7.14. The van der Waals surface area contributed by atoms with Crippen molar-refractivity contribution in [1.29, 1.82) is 0 Å². The number of benzene rings is 1. The minimum Gasteiger partial charge on any atom is -0.422 e. The van der Waals surface area contributed by atoms with Gasteiger partial charge in [-0.15, -0.1) is 16.4 Å². The molecule has 22 heavy (non-hydrogen) atoms. The monoisotopic (exact) mass is 314 g/mol. The second-order valence-corrected chi connectivity index (χ2v) is 5.84. The number of aromatic nitrogens is 4.